The topological polar surface area (TPSA) is 32.3 Å². The first kappa shape index (κ1) is 14.1. The number of fused-ring (bicyclic) bond motifs is 1. The van der Waals surface area contributed by atoms with Gasteiger partial charge in [0.1, 0.15) is 6.04 Å². The van der Waals surface area contributed by atoms with Crippen molar-refractivity contribution in [1.29, 1.82) is 0 Å². The normalized spacial score (nSPS) is 19.9. The lowest BCUT2D eigenvalue weighted by atomic mass is 9.93. The quantitative estimate of drug-likeness (QED) is 0.905. The van der Waals surface area contributed by atoms with Gasteiger partial charge in [0, 0.05) is 19.6 Å². The fourth-order valence-corrected chi connectivity index (χ4v) is 2.58. The molecule has 2 atom stereocenters. The van der Waals surface area contributed by atoms with Crippen molar-refractivity contribution in [3.63, 3.8) is 0 Å². The number of amides is 1. The molecule has 19 heavy (non-hydrogen) atoms. The molecule has 3 nitrogen and oxygen atoms in total. The zero-order valence-corrected chi connectivity index (χ0v) is 12.3. The van der Waals surface area contributed by atoms with Gasteiger partial charge in [0.05, 0.1) is 0 Å². The SMILES string of the molecule is CC(C)C(C)N(C)C(=O)C1NCCc2ccccc21. The van der Waals surface area contributed by atoms with Crippen LogP contribution in [0.3, 0.4) is 0 Å². The van der Waals surface area contributed by atoms with Gasteiger partial charge < -0.3 is 10.2 Å². The van der Waals surface area contributed by atoms with E-state index in [0.29, 0.717) is 5.92 Å². The maximum Gasteiger partial charge on any atom is 0.244 e. The van der Waals surface area contributed by atoms with Crippen LogP contribution >= 0.6 is 0 Å². The molecule has 3 heteroatoms. The second-order valence-electron chi connectivity index (χ2n) is 5.77. The summed E-state index contributed by atoms with van der Waals surface area (Å²) in [6.07, 6.45) is 1.00. The van der Waals surface area contributed by atoms with Crippen molar-refractivity contribution in [2.75, 3.05) is 13.6 Å². The Kier molecular flexibility index (Phi) is 4.25. The maximum atomic E-state index is 12.7. The lowest BCUT2D eigenvalue weighted by Gasteiger charge is -2.34. The molecule has 1 aliphatic heterocycles. The van der Waals surface area contributed by atoms with Gasteiger partial charge in [0.25, 0.3) is 0 Å². The van der Waals surface area contributed by atoms with Crippen molar-refractivity contribution in [3.05, 3.63) is 35.4 Å². The Morgan fingerprint density at radius 1 is 1.32 bits per heavy atom. The first-order valence-electron chi connectivity index (χ1n) is 7.10. The predicted octanol–water partition coefficient (Wildman–Crippen LogP) is 2.38. The minimum absolute atomic E-state index is 0.174. The van der Waals surface area contributed by atoms with E-state index in [-0.39, 0.29) is 18.0 Å². The van der Waals surface area contributed by atoms with Crippen molar-refractivity contribution in [1.82, 2.24) is 10.2 Å². The van der Waals surface area contributed by atoms with E-state index in [9.17, 15) is 4.79 Å². The summed E-state index contributed by atoms with van der Waals surface area (Å²) >= 11 is 0. The van der Waals surface area contributed by atoms with Crippen molar-refractivity contribution in [3.8, 4) is 0 Å². The van der Waals surface area contributed by atoms with Gasteiger partial charge in [-0.1, -0.05) is 38.1 Å². The van der Waals surface area contributed by atoms with Crippen LogP contribution in [0, 0.1) is 5.92 Å². The molecule has 0 fully saturated rings. The summed E-state index contributed by atoms with van der Waals surface area (Å²) in [6, 6.07) is 8.32. The number of carbonyl (C=O) groups is 1. The fourth-order valence-electron chi connectivity index (χ4n) is 2.58. The van der Waals surface area contributed by atoms with Gasteiger partial charge in [-0.05, 0) is 30.4 Å². The molecular weight excluding hydrogens is 236 g/mol. The molecule has 0 spiro atoms. The molecule has 2 unspecified atom stereocenters. The van der Waals surface area contributed by atoms with Crippen LogP contribution in [0.15, 0.2) is 24.3 Å². The van der Waals surface area contributed by atoms with Crippen molar-refractivity contribution in [2.24, 2.45) is 5.92 Å². The van der Waals surface area contributed by atoms with Crippen LogP contribution in [0.5, 0.6) is 0 Å². The first-order chi connectivity index (χ1) is 9.02. The smallest absolute Gasteiger partial charge is 0.244 e. The van der Waals surface area contributed by atoms with Gasteiger partial charge in [0.15, 0.2) is 0 Å². The highest BCUT2D eigenvalue weighted by atomic mass is 16.2. The van der Waals surface area contributed by atoms with E-state index < -0.39 is 0 Å². The van der Waals surface area contributed by atoms with Crippen molar-refractivity contribution >= 4 is 5.91 Å². The van der Waals surface area contributed by atoms with Gasteiger partial charge in [-0.3, -0.25) is 4.79 Å². The van der Waals surface area contributed by atoms with E-state index in [1.807, 2.05) is 24.1 Å². The van der Waals surface area contributed by atoms with Gasteiger partial charge in [-0.2, -0.15) is 0 Å². The molecule has 0 bridgehead atoms. The molecule has 0 aliphatic carbocycles. The van der Waals surface area contributed by atoms with Crippen LogP contribution in [-0.2, 0) is 11.2 Å². The summed E-state index contributed by atoms with van der Waals surface area (Å²) in [5.41, 5.74) is 2.44. The Hall–Kier alpha value is -1.35. The van der Waals surface area contributed by atoms with E-state index >= 15 is 0 Å². The standard InChI is InChI=1S/C16H24N2O/c1-11(2)12(3)18(4)16(19)15-14-8-6-5-7-13(14)9-10-17-15/h5-8,11-12,15,17H,9-10H2,1-4H3. The van der Waals surface area contributed by atoms with Crippen LogP contribution in [0.2, 0.25) is 0 Å². The number of hydrogen-bond acceptors (Lipinski definition) is 2. The Labute approximate surface area is 116 Å². The minimum Gasteiger partial charge on any atom is -0.341 e. The lowest BCUT2D eigenvalue weighted by molar-refractivity contribution is -0.135. The monoisotopic (exact) mass is 260 g/mol. The third-order valence-corrected chi connectivity index (χ3v) is 4.28. The van der Waals surface area contributed by atoms with E-state index in [1.54, 1.807) is 0 Å². The average Bonchev–Trinajstić information content (AvgIpc) is 2.44. The molecule has 0 saturated carbocycles. The first-order valence-corrected chi connectivity index (χ1v) is 7.10. The number of nitrogens with one attached hydrogen (secondary N) is 1. The maximum absolute atomic E-state index is 12.7. The van der Waals surface area contributed by atoms with Gasteiger partial charge in [0.2, 0.25) is 5.91 Å². The van der Waals surface area contributed by atoms with Crippen LogP contribution < -0.4 is 5.32 Å². The highest BCUT2D eigenvalue weighted by molar-refractivity contribution is 5.84. The highest BCUT2D eigenvalue weighted by Crippen LogP contribution is 2.25. The lowest BCUT2D eigenvalue weighted by Crippen LogP contribution is -2.46. The highest BCUT2D eigenvalue weighted by Gasteiger charge is 2.30. The number of hydrogen-bond donors (Lipinski definition) is 1. The summed E-state index contributed by atoms with van der Waals surface area (Å²) < 4.78 is 0. The second kappa shape index (κ2) is 5.74. The fraction of sp³-hybridized carbons (Fsp3) is 0.562. The summed E-state index contributed by atoms with van der Waals surface area (Å²) in [7, 11) is 1.91. The van der Waals surface area contributed by atoms with Crippen molar-refractivity contribution < 1.29 is 4.79 Å². The Balaban J connectivity index is 2.21. The van der Waals surface area contributed by atoms with Crippen LogP contribution in [-0.4, -0.2) is 30.4 Å². The third kappa shape index (κ3) is 2.81. The molecule has 0 aromatic heterocycles. The number of benzene rings is 1. The zero-order chi connectivity index (χ0) is 14.0. The van der Waals surface area contributed by atoms with Crippen LogP contribution in [0.25, 0.3) is 0 Å². The van der Waals surface area contributed by atoms with E-state index in [1.165, 1.54) is 5.56 Å². The average molecular weight is 260 g/mol. The largest absolute Gasteiger partial charge is 0.341 e. The van der Waals surface area contributed by atoms with Crippen LogP contribution in [0.4, 0.5) is 0 Å². The summed E-state index contributed by atoms with van der Waals surface area (Å²) in [6.45, 7) is 7.28. The number of carbonyl (C=O) groups excluding carboxylic acids is 1. The number of rotatable bonds is 3. The van der Waals surface area contributed by atoms with E-state index in [4.69, 9.17) is 0 Å². The van der Waals surface area contributed by atoms with Crippen LogP contribution in [0.1, 0.15) is 37.9 Å². The van der Waals surface area contributed by atoms with E-state index in [0.717, 1.165) is 18.5 Å². The molecule has 1 heterocycles. The predicted molar refractivity (Wildman–Crippen MR) is 78.0 cm³/mol. The third-order valence-electron chi connectivity index (χ3n) is 4.28. The summed E-state index contributed by atoms with van der Waals surface area (Å²) in [4.78, 5) is 14.5. The number of likely N-dealkylation sites (N-methyl/N-ethyl adjacent to an activating group) is 1. The second-order valence-corrected chi connectivity index (χ2v) is 5.77. The van der Waals surface area contributed by atoms with Gasteiger partial charge in [-0.25, -0.2) is 0 Å². The minimum atomic E-state index is -0.184. The molecular formula is C16H24N2O. The molecule has 1 aromatic carbocycles. The molecule has 104 valence electrons. The Morgan fingerprint density at radius 2 is 2.00 bits per heavy atom. The van der Waals surface area contributed by atoms with Gasteiger partial charge >= 0.3 is 0 Å². The molecule has 1 aliphatic rings. The molecule has 0 saturated heterocycles. The number of nitrogens with zero attached hydrogens (tertiary/aromatic N) is 1. The van der Waals surface area contributed by atoms with E-state index in [2.05, 4.69) is 38.2 Å². The van der Waals surface area contributed by atoms with Gasteiger partial charge in [-0.15, -0.1) is 0 Å². The summed E-state index contributed by atoms with van der Waals surface area (Å²) in [5.74, 6) is 0.640. The summed E-state index contributed by atoms with van der Waals surface area (Å²) in [5, 5.41) is 3.36. The molecule has 1 aromatic rings. The molecule has 0 radical (unpaired) electrons. The molecule has 1 N–H and O–H groups in total. The Morgan fingerprint density at radius 3 is 2.68 bits per heavy atom. The zero-order valence-electron chi connectivity index (χ0n) is 12.3. The molecule has 2 rings (SSSR count). The molecule has 1 amide bonds. The Bertz CT molecular complexity index is 456. The van der Waals surface area contributed by atoms with Crippen molar-refractivity contribution in [2.45, 2.75) is 39.3 Å².